The van der Waals surface area contributed by atoms with Gasteiger partial charge in [0.2, 0.25) is 5.91 Å². The summed E-state index contributed by atoms with van der Waals surface area (Å²) in [4.78, 5) is 37.1. The number of aromatic nitrogens is 1. The average Bonchev–Trinajstić information content (AvgIpc) is 3.51. The fourth-order valence-corrected chi connectivity index (χ4v) is 6.60. The van der Waals surface area contributed by atoms with Crippen LogP contribution in [0.2, 0.25) is 0 Å². The Morgan fingerprint density at radius 1 is 1.07 bits per heavy atom. The van der Waals surface area contributed by atoms with Crippen LogP contribution in [0.15, 0.2) is 66.3 Å². The number of amides is 2. The maximum absolute atomic E-state index is 13.8. The van der Waals surface area contributed by atoms with Gasteiger partial charge in [-0.2, -0.15) is 0 Å². The molecule has 1 aromatic carbocycles. The lowest BCUT2D eigenvalue weighted by atomic mass is 9.90. The van der Waals surface area contributed by atoms with Gasteiger partial charge in [-0.05, 0) is 79.8 Å². The Bertz CT molecular complexity index is 1230. The predicted octanol–water partition coefficient (Wildman–Crippen LogP) is 4.21. The van der Waals surface area contributed by atoms with Crippen molar-refractivity contribution in [2.75, 3.05) is 13.7 Å². The summed E-state index contributed by atoms with van der Waals surface area (Å²) >= 11 is 1.74. The van der Waals surface area contributed by atoms with Crippen LogP contribution in [0.4, 0.5) is 0 Å². The number of thiophene rings is 1. The molecule has 1 saturated heterocycles. The summed E-state index contributed by atoms with van der Waals surface area (Å²) in [6, 6.07) is 15.8. The van der Waals surface area contributed by atoms with Gasteiger partial charge in [0.25, 0.3) is 5.91 Å². The largest absolute Gasteiger partial charge is 0.497 e. The minimum absolute atomic E-state index is 0.0667. The molecule has 0 radical (unpaired) electrons. The first-order chi connectivity index (χ1) is 19.5. The minimum atomic E-state index is -0.552. The third-order valence-electron chi connectivity index (χ3n) is 8.17. The highest BCUT2D eigenvalue weighted by Crippen LogP contribution is 2.29. The number of nitrogens with two attached hydrogens (primary N) is 1. The number of rotatable bonds is 9. The van der Waals surface area contributed by atoms with Gasteiger partial charge in [0.1, 0.15) is 11.8 Å². The standard InChI is InChI=1S/C31H39N5O3S/c1-39-27-12-6-22(7-13-27)20-35(21-28-5-3-17-40-28)26-14-16-36(31(38)23-4-2-15-33-19-23)29(18-26)30(37)34-25-10-8-24(32)9-11-25/h2-7,12-13,15,17,19,24-26,29H,8-11,14,16,18,20-21,32H2,1H3,(H,34,37)/t24?,25?,26?,29-/m1/s1. The number of carbonyl (C=O) groups excluding carboxylic acids is 2. The van der Waals surface area contributed by atoms with Crippen LogP contribution in [0.25, 0.3) is 0 Å². The SMILES string of the molecule is COc1ccc(CN(Cc2cccs2)C2CCN(C(=O)c3cccnc3)[C@@H](C(=O)NC3CCC(N)CC3)C2)cc1. The van der Waals surface area contributed by atoms with Crippen LogP contribution < -0.4 is 15.8 Å². The van der Waals surface area contributed by atoms with E-state index in [1.807, 2.05) is 12.1 Å². The van der Waals surface area contributed by atoms with Gasteiger partial charge < -0.3 is 20.7 Å². The lowest BCUT2D eigenvalue weighted by Crippen LogP contribution is -2.58. The minimum Gasteiger partial charge on any atom is -0.497 e. The molecule has 3 N–H and O–H groups in total. The number of likely N-dealkylation sites (tertiary alicyclic amines) is 1. The Hall–Kier alpha value is -3.27. The van der Waals surface area contributed by atoms with Gasteiger partial charge in [-0.25, -0.2) is 0 Å². The number of hydrogen-bond acceptors (Lipinski definition) is 7. The molecule has 1 saturated carbocycles. The molecule has 212 valence electrons. The van der Waals surface area contributed by atoms with E-state index in [1.54, 1.807) is 47.9 Å². The third kappa shape index (κ3) is 7.08. The van der Waals surface area contributed by atoms with Gasteiger partial charge in [-0.3, -0.25) is 19.5 Å². The van der Waals surface area contributed by atoms with Gasteiger partial charge >= 0.3 is 0 Å². The van der Waals surface area contributed by atoms with Crippen LogP contribution in [0.5, 0.6) is 5.75 Å². The van der Waals surface area contributed by atoms with Crippen molar-refractivity contribution in [1.82, 2.24) is 20.1 Å². The Morgan fingerprint density at radius 2 is 1.88 bits per heavy atom. The van der Waals surface area contributed by atoms with Gasteiger partial charge in [-0.1, -0.05) is 18.2 Å². The van der Waals surface area contributed by atoms with Crippen molar-refractivity contribution < 1.29 is 14.3 Å². The van der Waals surface area contributed by atoms with Crippen molar-refractivity contribution >= 4 is 23.2 Å². The second-order valence-electron chi connectivity index (χ2n) is 10.9. The lowest BCUT2D eigenvalue weighted by Gasteiger charge is -2.43. The monoisotopic (exact) mass is 561 g/mol. The van der Waals surface area contributed by atoms with Crippen molar-refractivity contribution in [2.24, 2.45) is 5.73 Å². The van der Waals surface area contributed by atoms with E-state index in [9.17, 15) is 9.59 Å². The summed E-state index contributed by atoms with van der Waals surface area (Å²) in [5, 5.41) is 5.38. The molecule has 2 fully saturated rings. The lowest BCUT2D eigenvalue weighted by molar-refractivity contribution is -0.128. The van der Waals surface area contributed by atoms with E-state index in [1.165, 1.54) is 10.4 Å². The normalized spacial score (nSPS) is 23.1. The molecule has 0 bridgehead atoms. The first kappa shape index (κ1) is 28.3. The molecule has 2 amide bonds. The van der Waals surface area contributed by atoms with Crippen LogP contribution in [0.1, 0.15) is 59.3 Å². The molecule has 8 nitrogen and oxygen atoms in total. The van der Waals surface area contributed by atoms with Gasteiger partial charge in [0, 0.05) is 55.0 Å². The summed E-state index contributed by atoms with van der Waals surface area (Å²) in [6.45, 7) is 2.05. The molecule has 2 aliphatic rings. The molecule has 3 aromatic rings. The second kappa shape index (κ2) is 13.4. The van der Waals surface area contributed by atoms with Gasteiger partial charge in [-0.15, -0.1) is 11.3 Å². The van der Waals surface area contributed by atoms with Crippen LogP contribution in [-0.2, 0) is 17.9 Å². The molecule has 2 atom stereocenters. The number of carbonyl (C=O) groups is 2. The van der Waals surface area contributed by atoms with Crippen molar-refractivity contribution in [3.05, 3.63) is 82.3 Å². The van der Waals surface area contributed by atoms with Crippen LogP contribution in [-0.4, -0.2) is 64.4 Å². The van der Waals surface area contributed by atoms with E-state index >= 15 is 0 Å². The highest BCUT2D eigenvalue weighted by atomic mass is 32.1. The Balaban J connectivity index is 1.37. The molecule has 40 heavy (non-hydrogen) atoms. The molecule has 0 spiro atoms. The van der Waals surface area contributed by atoms with Gasteiger partial charge in [0.15, 0.2) is 0 Å². The first-order valence-corrected chi connectivity index (χ1v) is 15.0. The van der Waals surface area contributed by atoms with Gasteiger partial charge in [0.05, 0.1) is 12.7 Å². The van der Waals surface area contributed by atoms with Crippen molar-refractivity contribution in [1.29, 1.82) is 0 Å². The number of piperidine rings is 1. The first-order valence-electron chi connectivity index (χ1n) is 14.2. The van der Waals surface area contributed by atoms with E-state index < -0.39 is 6.04 Å². The topological polar surface area (TPSA) is 101 Å². The number of methoxy groups -OCH3 is 1. The zero-order valence-corrected chi connectivity index (χ0v) is 23.9. The van der Waals surface area contributed by atoms with Crippen molar-refractivity contribution in [3.8, 4) is 5.75 Å². The fraction of sp³-hybridized carbons (Fsp3) is 0.452. The maximum atomic E-state index is 13.8. The number of nitrogens with one attached hydrogen (secondary N) is 1. The summed E-state index contributed by atoms with van der Waals surface area (Å²) < 4.78 is 5.35. The highest BCUT2D eigenvalue weighted by Gasteiger charge is 2.39. The second-order valence-corrected chi connectivity index (χ2v) is 11.9. The van der Waals surface area contributed by atoms with Crippen molar-refractivity contribution in [2.45, 2.75) is 75.8 Å². The molecule has 5 rings (SSSR count). The van der Waals surface area contributed by atoms with E-state index in [4.69, 9.17) is 10.5 Å². The summed E-state index contributed by atoms with van der Waals surface area (Å²) in [7, 11) is 1.67. The van der Waals surface area contributed by atoms with E-state index in [0.29, 0.717) is 18.5 Å². The third-order valence-corrected chi connectivity index (χ3v) is 9.03. The molecule has 1 unspecified atom stereocenters. The van der Waals surface area contributed by atoms with Crippen LogP contribution in [0.3, 0.4) is 0 Å². The maximum Gasteiger partial charge on any atom is 0.256 e. The van der Waals surface area contributed by atoms with Crippen LogP contribution >= 0.6 is 11.3 Å². The average molecular weight is 562 g/mol. The molecule has 3 heterocycles. The number of pyridine rings is 1. The highest BCUT2D eigenvalue weighted by molar-refractivity contribution is 7.09. The smallest absolute Gasteiger partial charge is 0.256 e. The Morgan fingerprint density at radius 3 is 2.55 bits per heavy atom. The zero-order valence-electron chi connectivity index (χ0n) is 23.1. The molecule has 1 aliphatic heterocycles. The molecule has 9 heteroatoms. The Labute approximate surface area is 240 Å². The molecular formula is C31H39N5O3S. The van der Waals surface area contributed by atoms with E-state index in [-0.39, 0.29) is 29.9 Å². The number of ether oxygens (including phenoxy) is 1. The molecular weight excluding hydrogens is 522 g/mol. The summed E-state index contributed by atoms with van der Waals surface area (Å²) in [6.07, 6.45) is 8.17. The molecule has 1 aliphatic carbocycles. The number of hydrogen-bond donors (Lipinski definition) is 2. The van der Waals surface area contributed by atoms with E-state index in [2.05, 4.69) is 44.8 Å². The summed E-state index contributed by atoms with van der Waals surface area (Å²) in [5.41, 5.74) is 7.80. The number of nitrogens with zero attached hydrogens (tertiary/aromatic N) is 3. The molecule has 2 aromatic heterocycles. The Kier molecular flexibility index (Phi) is 9.46. The van der Waals surface area contributed by atoms with Crippen molar-refractivity contribution in [3.63, 3.8) is 0 Å². The van der Waals surface area contributed by atoms with E-state index in [0.717, 1.165) is 50.9 Å². The predicted molar refractivity (Wildman–Crippen MR) is 157 cm³/mol. The zero-order chi connectivity index (χ0) is 27.9. The quantitative estimate of drug-likeness (QED) is 0.406. The fourth-order valence-electron chi connectivity index (χ4n) is 5.87. The van der Waals surface area contributed by atoms with Crippen LogP contribution in [0, 0.1) is 0 Å². The number of benzene rings is 1. The summed E-state index contributed by atoms with van der Waals surface area (Å²) in [5.74, 6) is 0.622.